The molecule has 45 heavy (non-hydrogen) atoms. The van der Waals surface area contributed by atoms with Gasteiger partial charge in [-0.25, -0.2) is 12.2 Å². The van der Waals surface area contributed by atoms with Gasteiger partial charge >= 0.3 is 0 Å². The van der Waals surface area contributed by atoms with E-state index in [0.717, 1.165) is 32.8 Å². The Labute approximate surface area is 269 Å². The van der Waals surface area contributed by atoms with Crippen molar-refractivity contribution in [3.63, 3.8) is 0 Å². The molecule has 232 valence electrons. The fourth-order valence-electron chi connectivity index (χ4n) is 8.14. The van der Waals surface area contributed by atoms with Crippen LogP contribution in [0.1, 0.15) is 46.5 Å². The third-order valence-electron chi connectivity index (χ3n) is 10.4. The minimum absolute atomic E-state index is 0.263. The van der Waals surface area contributed by atoms with Crippen LogP contribution in [0.3, 0.4) is 0 Å². The van der Waals surface area contributed by atoms with Gasteiger partial charge in [0, 0.05) is 60.2 Å². The Morgan fingerprint density at radius 3 is 2.27 bits per heavy atom. The highest BCUT2D eigenvalue weighted by molar-refractivity contribution is 5.61. The number of para-hydroxylation sites is 2. The number of fused-ring (bicyclic) bond motifs is 2. The fourth-order valence-corrected chi connectivity index (χ4v) is 8.14. The average molecular weight is 597 g/mol. The molecule has 5 aliphatic heterocycles. The number of hydrogen-bond donors (Lipinski definition) is 0. The van der Waals surface area contributed by atoms with Crippen molar-refractivity contribution in [3.05, 3.63) is 144 Å². The molecule has 0 N–H and O–H groups in total. The predicted octanol–water partition coefficient (Wildman–Crippen LogP) is 7.76. The molecule has 0 spiro atoms. The Bertz CT molecular complexity index is 1610. The highest BCUT2D eigenvalue weighted by Crippen LogP contribution is 2.50. The topological polar surface area (TPSA) is 19.4 Å². The second kappa shape index (κ2) is 11.4. The lowest BCUT2D eigenvalue weighted by Gasteiger charge is -2.57. The smallest absolute Gasteiger partial charge is 0.0974 e. The van der Waals surface area contributed by atoms with Crippen molar-refractivity contribution in [3.8, 4) is 0 Å². The summed E-state index contributed by atoms with van der Waals surface area (Å²) in [5, 5.41) is 0. The minimum atomic E-state index is 0.263. The summed E-state index contributed by atoms with van der Waals surface area (Å²) in [6.07, 6.45) is 21.3. The van der Waals surface area contributed by atoms with Gasteiger partial charge in [0.05, 0.1) is 19.5 Å². The minimum Gasteiger partial charge on any atom is -0.399 e. The molecule has 2 atom stereocenters. The Kier molecular flexibility index (Phi) is 7.08. The van der Waals surface area contributed by atoms with E-state index in [2.05, 4.69) is 154 Å². The van der Waals surface area contributed by atoms with Crippen LogP contribution in [0.4, 0.5) is 11.4 Å². The third kappa shape index (κ3) is 4.97. The van der Waals surface area contributed by atoms with Crippen molar-refractivity contribution >= 4 is 11.4 Å². The molecule has 2 aromatic rings. The Morgan fingerprint density at radius 1 is 0.800 bits per heavy atom. The van der Waals surface area contributed by atoms with Crippen LogP contribution in [-0.2, 0) is 0 Å². The molecular formula is C39H44N6-2. The van der Waals surface area contributed by atoms with Gasteiger partial charge in [-0.15, -0.1) is 5.70 Å². The van der Waals surface area contributed by atoms with E-state index < -0.39 is 0 Å². The van der Waals surface area contributed by atoms with Crippen molar-refractivity contribution in [2.75, 3.05) is 36.2 Å². The zero-order valence-corrected chi connectivity index (χ0v) is 26.8. The summed E-state index contributed by atoms with van der Waals surface area (Å²) in [5.74, 6) is 2.05. The standard InChI is InChI=1S/C39H44N6/c1-29-24-40(27-43(29)33-12-6-4-7-13-33)22-20-32-18-19-36-38(42-25-30(2)44(28-42)34-14-8-5-9-15-34)35-16-10-11-17-37(35)45-31(3)26-41(23-21-32)39(36)45/h4-17,24-26,32,39H,18-23,27-28H2,1-3H3/q-2. The molecule has 1 saturated heterocycles. The van der Waals surface area contributed by atoms with E-state index in [9.17, 15) is 0 Å². The van der Waals surface area contributed by atoms with Gasteiger partial charge < -0.3 is 29.4 Å². The molecule has 0 radical (unpaired) electrons. The van der Waals surface area contributed by atoms with E-state index in [0.29, 0.717) is 5.92 Å². The van der Waals surface area contributed by atoms with Crippen LogP contribution in [-0.4, -0.2) is 52.2 Å². The molecule has 1 aliphatic carbocycles. The van der Waals surface area contributed by atoms with Crippen molar-refractivity contribution in [1.82, 2.24) is 19.6 Å². The lowest BCUT2D eigenvalue weighted by molar-refractivity contribution is 0.162. The van der Waals surface area contributed by atoms with E-state index >= 15 is 0 Å². The first-order chi connectivity index (χ1) is 22.0. The van der Waals surface area contributed by atoms with Crippen LogP contribution in [0.5, 0.6) is 0 Å². The van der Waals surface area contributed by atoms with E-state index in [1.54, 1.807) is 5.57 Å². The van der Waals surface area contributed by atoms with E-state index in [1.807, 2.05) is 0 Å². The lowest BCUT2D eigenvalue weighted by atomic mass is 9.81. The monoisotopic (exact) mass is 596 g/mol. The highest BCUT2D eigenvalue weighted by atomic mass is 15.4. The molecule has 0 saturated carbocycles. The van der Waals surface area contributed by atoms with Gasteiger partial charge in [0.1, 0.15) is 0 Å². The van der Waals surface area contributed by atoms with Gasteiger partial charge in [0.2, 0.25) is 0 Å². The molecule has 5 heterocycles. The van der Waals surface area contributed by atoms with E-state index in [-0.39, 0.29) is 6.17 Å². The fraction of sp³-hybridized carbons (Fsp3) is 0.333. The van der Waals surface area contributed by atoms with Crippen LogP contribution in [0.15, 0.2) is 132 Å². The SMILES string of the molecule is CC1=CN(CCC2CCC3=C(N4C=C(C)N(c5ccccc5)C4)[C-]4C=C[CH-]C=C4N4C(C)=CN(CC2)C34)CN1c1ccccc1. The number of nitrogens with zero attached hydrogens (tertiary/aromatic N) is 6. The van der Waals surface area contributed by atoms with Crippen LogP contribution in [0.25, 0.3) is 0 Å². The van der Waals surface area contributed by atoms with Gasteiger partial charge in [-0.3, -0.25) is 12.5 Å². The van der Waals surface area contributed by atoms with Gasteiger partial charge in [0.15, 0.2) is 0 Å². The maximum absolute atomic E-state index is 2.64. The molecular weight excluding hydrogens is 552 g/mol. The number of hydrogen-bond acceptors (Lipinski definition) is 6. The van der Waals surface area contributed by atoms with E-state index in [4.69, 9.17) is 0 Å². The molecule has 6 heteroatoms. The van der Waals surface area contributed by atoms with Crippen LogP contribution in [0, 0.1) is 18.3 Å². The summed E-state index contributed by atoms with van der Waals surface area (Å²) in [4.78, 5) is 15.2. The van der Waals surface area contributed by atoms with Crippen molar-refractivity contribution < 1.29 is 0 Å². The number of allylic oxidation sites excluding steroid dienone is 5. The second-order valence-corrected chi connectivity index (χ2v) is 13.3. The van der Waals surface area contributed by atoms with Gasteiger partial charge in [0.25, 0.3) is 0 Å². The molecule has 6 nitrogen and oxygen atoms in total. The zero-order valence-electron chi connectivity index (χ0n) is 26.8. The largest absolute Gasteiger partial charge is 0.399 e. The normalized spacial score (nSPS) is 24.2. The van der Waals surface area contributed by atoms with Crippen LogP contribution in [0.2, 0.25) is 0 Å². The first-order valence-electron chi connectivity index (χ1n) is 16.6. The lowest BCUT2D eigenvalue weighted by Crippen LogP contribution is -2.49. The highest BCUT2D eigenvalue weighted by Gasteiger charge is 2.39. The number of benzene rings is 2. The summed E-state index contributed by atoms with van der Waals surface area (Å²) in [5.41, 5.74) is 10.8. The van der Waals surface area contributed by atoms with Gasteiger partial charge in [-0.1, -0.05) is 60.5 Å². The Hall–Kier alpha value is -4.58. The Balaban J connectivity index is 1.06. The van der Waals surface area contributed by atoms with Crippen molar-refractivity contribution in [2.45, 2.75) is 52.6 Å². The maximum Gasteiger partial charge on any atom is 0.0974 e. The first-order valence-corrected chi connectivity index (χ1v) is 16.6. The summed E-state index contributed by atoms with van der Waals surface area (Å²) in [6, 6.07) is 21.6. The van der Waals surface area contributed by atoms with Gasteiger partial charge in [-0.2, -0.15) is 5.92 Å². The molecule has 2 unspecified atom stereocenters. The van der Waals surface area contributed by atoms with Crippen molar-refractivity contribution in [2.24, 2.45) is 5.92 Å². The predicted molar refractivity (Wildman–Crippen MR) is 183 cm³/mol. The molecule has 6 aliphatic rings. The molecule has 8 rings (SSSR count). The Morgan fingerprint density at radius 2 is 1.51 bits per heavy atom. The molecule has 0 aromatic heterocycles. The van der Waals surface area contributed by atoms with Gasteiger partial charge in [-0.05, 0) is 63.8 Å². The van der Waals surface area contributed by atoms with Crippen molar-refractivity contribution in [1.29, 1.82) is 0 Å². The maximum atomic E-state index is 2.64. The summed E-state index contributed by atoms with van der Waals surface area (Å²) in [6.45, 7) is 10.7. The molecule has 0 bridgehead atoms. The third-order valence-corrected chi connectivity index (χ3v) is 10.4. The second-order valence-electron chi connectivity index (χ2n) is 13.3. The quantitative estimate of drug-likeness (QED) is 0.315. The van der Waals surface area contributed by atoms with E-state index in [1.165, 1.54) is 65.0 Å². The number of rotatable bonds is 6. The van der Waals surface area contributed by atoms with Crippen LogP contribution < -0.4 is 9.80 Å². The number of anilines is 2. The first kappa shape index (κ1) is 27.9. The molecule has 1 fully saturated rings. The van der Waals surface area contributed by atoms with Crippen LogP contribution >= 0.6 is 0 Å². The average Bonchev–Trinajstić information content (AvgIpc) is 3.74. The zero-order chi connectivity index (χ0) is 30.5. The summed E-state index contributed by atoms with van der Waals surface area (Å²) < 4.78 is 0. The summed E-state index contributed by atoms with van der Waals surface area (Å²) >= 11 is 0. The molecule has 2 aromatic carbocycles. The summed E-state index contributed by atoms with van der Waals surface area (Å²) in [7, 11) is 0. The molecule has 0 amide bonds.